The predicted molar refractivity (Wildman–Crippen MR) is 78.7 cm³/mol. The molecule has 0 radical (unpaired) electrons. The van der Waals surface area contributed by atoms with E-state index in [1.807, 2.05) is 11.3 Å². The number of nitrogens with two attached hydrogens (primary N) is 1. The van der Waals surface area contributed by atoms with Crippen molar-refractivity contribution in [3.63, 3.8) is 0 Å². The number of aryl methyl sites for hydroxylation is 1. The van der Waals surface area contributed by atoms with Crippen molar-refractivity contribution in [2.45, 2.75) is 42.6 Å². The van der Waals surface area contributed by atoms with Gasteiger partial charge in [-0.15, -0.1) is 11.3 Å². The molecule has 4 heteroatoms. The van der Waals surface area contributed by atoms with E-state index in [0.717, 1.165) is 10.5 Å². The Bertz CT molecular complexity index is 350. The maximum absolute atomic E-state index is 6.37. The monoisotopic (exact) mass is 273 g/mol. The van der Waals surface area contributed by atoms with E-state index < -0.39 is 0 Å². The van der Waals surface area contributed by atoms with E-state index >= 15 is 0 Å². The van der Waals surface area contributed by atoms with Crippen LogP contribution in [-0.4, -0.2) is 21.5 Å². The van der Waals surface area contributed by atoms with Gasteiger partial charge in [-0.3, -0.25) is 0 Å². The molecular weight excluding hydrogens is 254 g/mol. The van der Waals surface area contributed by atoms with Gasteiger partial charge in [-0.05, 0) is 19.1 Å². The van der Waals surface area contributed by atoms with Crippen molar-refractivity contribution in [1.82, 2.24) is 0 Å². The van der Waals surface area contributed by atoms with Crippen LogP contribution in [-0.2, 0) is 0 Å². The minimum Gasteiger partial charge on any atom is -0.322 e. The normalized spacial score (nSPS) is 32.6. The summed E-state index contributed by atoms with van der Waals surface area (Å²) in [6, 6.07) is 4.58. The first-order valence-electron chi connectivity index (χ1n) is 5.67. The van der Waals surface area contributed by atoms with Crippen LogP contribution in [0.2, 0.25) is 0 Å². The summed E-state index contributed by atoms with van der Waals surface area (Å²) in [5, 5.41) is 2.06. The smallest absolute Gasteiger partial charge is 0.0518 e. The van der Waals surface area contributed by atoms with Crippen LogP contribution in [0.3, 0.4) is 0 Å². The zero-order chi connectivity index (χ0) is 11.7. The van der Waals surface area contributed by atoms with Gasteiger partial charge in [-0.25, -0.2) is 0 Å². The lowest BCUT2D eigenvalue weighted by molar-refractivity contribution is 0.720. The summed E-state index contributed by atoms with van der Waals surface area (Å²) >= 11 is 5.98. The Kier molecular flexibility index (Phi) is 4.27. The molecule has 0 aliphatic carbocycles. The zero-order valence-corrected chi connectivity index (χ0v) is 12.4. The SMILES string of the molecule is Cc1ccc(C(N)C2CSC(C)C(C)S2)s1. The summed E-state index contributed by atoms with van der Waals surface area (Å²) in [6.45, 7) is 6.79. The molecule has 2 heterocycles. The van der Waals surface area contributed by atoms with Crippen LogP contribution in [0.15, 0.2) is 12.1 Å². The highest BCUT2D eigenvalue weighted by molar-refractivity contribution is 8.07. The maximum Gasteiger partial charge on any atom is 0.0518 e. The van der Waals surface area contributed by atoms with Crippen molar-refractivity contribution in [3.8, 4) is 0 Å². The molecule has 0 bridgehead atoms. The fraction of sp³-hybridized carbons (Fsp3) is 0.667. The topological polar surface area (TPSA) is 26.0 Å². The van der Waals surface area contributed by atoms with Crippen LogP contribution in [0.1, 0.15) is 29.6 Å². The summed E-state index contributed by atoms with van der Waals surface area (Å²) in [6.07, 6.45) is 0. The Balaban J connectivity index is 2.02. The standard InChI is InChI=1S/C12H19NS3/c1-7-4-5-10(15-7)12(13)11-6-14-8(2)9(3)16-11/h4-5,8-9,11-12H,6,13H2,1-3H3. The Hall–Kier alpha value is 0.360. The molecule has 0 saturated carbocycles. The number of thiophene rings is 1. The van der Waals surface area contributed by atoms with E-state index in [4.69, 9.17) is 5.73 Å². The van der Waals surface area contributed by atoms with Gasteiger partial charge in [-0.1, -0.05) is 13.8 Å². The lowest BCUT2D eigenvalue weighted by Crippen LogP contribution is -2.33. The molecule has 1 aliphatic rings. The molecule has 2 rings (SSSR count). The molecule has 1 saturated heterocycles. The quantitative estimate of drug-likeness (QED) is 0.890. The van der Waals surface area contributed by atoms with E-state index in [2.05, 4.69) is 56.4 Å². The van der Waals surface area contributed by atoms with Crippen molar-refractivity contribution >= 4 is 34.9 Å². The number of hydrogen-bond donors (Lipinski definition) is 1. The fourth-order valence-corrected chi connectivity index (χ4v) is 5.88. The summed E-state index contributed by atoms with van der Waals surface area (Å²) in [5.41, 5.74) is 6.37. The molecule has 0 spiro atoms. The van der Waals surface area contributed by atoms with Gasteiger partial charge in [0.15, 0.2) is 0 Å². The van der Waals surface area contributed by atoms with Crippen LogP contribution in [0.4, 0.5) is 0 Å². The van der Waals surface area contributed by atoms with Crippen molar-refractivity contribution in [1.29, 1.82) is 0 Å². The molecule has 0 amide bonds. The Labute approximate surface area is 111 Å². The Morgan fingerprint density at radius 3 is 2.62 bits per heavy atom. The highest BCUT2D eigenvalue weighted by atomic mass is 32.2. The molecule has 4 atom stereocenters. The summed E-state index contributed by atoms with van der Waals surface area (Å²) in [7, 11) is 0. The van der Waals surface area contributed by atoms with Crippen molar-refractivity contribution < 1.29 is 0 Å². The van der Waals surface area contributed by atoms with E-state index in [9.17, 15) is 0 Å². The fourth-order valence-electron chi connectivity index (χ4n) is 1.81. The first-order valence-corrected chi connectivity index (χ1v) is 8.47. The summed E-state index contributed by atoms with van der Waals surface area (Å²) < 4.78 is 0. The summed E-state index contributed by atoms with van der Waals surface area (Å²) in [4.78, 5) is 2.71. The van der Waals surface area contributed by atoms with Crippen LogP contribution in [0.5, 0.6) is 0 Å². The molecule has 90 valence electrons. The highest BCUT2D eigenvalue weighted by Gasteiger charge is 2.30. The van der Waals surface area contributed by atoms with Crippen molar-refractivity contribution in [2.24, 2.45) is 5.73 Å². The first-order chi connectivity index (χ1) is 7.58. The predicted octanol–water partition coefficient (Wildman–Crippen LogP) is 3.68. The molecule has 2 N–H and O–H groups in total. The largest absolute Gasteiger partial charge is 0.322 e. The van der Waals surface area contributed by atoms with Gasteiger partial charge in [-0.2, -0.15) is 23.5 Å². The number of hydrogen-bond acceptors (Lipinski definition) is 4. The van der Waals surface area contributed by atoms with Gasteiger partial charge < -0.3 is 5.73 Å². The van der Waals surface area contributed by atoms with Crippen LogP contribution in [0.25, 0.3) is 0 Å². The van der Waals surface area contributed by atoms with E-state index in [0.29, 0.717) is 5.25 Å². The number of thioether (sulfide) groups is 2. The van der Waals surface area contributed by atoms with Gasteiger partial charge in [0, 0.05) is 31.3 Å². The molecular formula is C12H19NS3. The Morgan fingerprint density at radius 1 is 1.31 bits per heavy atom. The third kappa shape index (κ3) is 2.78. The molecule has 4 unspecified atom stereocenters. The first kappa shape index (κ1) is 12.8. The van der Waals surface area contributed by atoms with Crippen molar-refractivity contribution in [3.05, 3.63) is 21.9 Å². The maximum atomic E-state index is 6.37. The Morgan fingerprint density at radius 2 is 2.06 bits per heavy atom. The van der Waals surface area contributed by atoms with E-state index in [-0.39, 0.29) is 6.04 Å². The second-order valence-corrected chi connectivity index (χ2v) is 8.74. The van der Waals surface area contributed by atoms with Crippen LogP contribution in [0, 0.1) is 6.92 Å². The van der Waals surface area contributed by atoms with E-state index in [1.54, 1.807) is 0 Å². The van der Waals surface area contributed by atoms with Gasteiger partial charge in [0.05, 0.1) is 6.04 Å². The van der Waals surface area contributed by atoms with E-state index in [1.165, 1.54) is 15.5 Å². The second kappa shape index (κ2) is 5.34. The molecule has 0 aromatic carbocycles. The highest BCUT2D eigenvalue weighted by Crippen LogP contribution is 2.41. The van der Waals surface area contributed by atoms with Crippen LogP contribution < -0.4 is 5.73 Å². The lowest BCUT2D eigenvalue weighted by Gasteiger charge is -2.34. The van der Waals surface area contributed by atoms with Gasteiger partial charge >= 0.3 is 0 Å². The van der Waals surface area contributed by atoms with Crippen LogP contribution >= 0.6 is 34.9 Å². The van der Waals surface area contributed by atoms with Gasteiger partial charge in [0.1, 0.15) is 0 Å². The molecule has 1 fully saturated rings. The number of rotatable bonds is 2. The minimum atomic E-state index is 0.214. The summed E-state index contributed by atoms with van der Waals surface area (Å²) in [5.74, 6) is 1.19. The third-order valence-electron chi connectivity index (χ3n) is 3.06. The van der Waals surface area contributed by atoms with Gasteiger partial charge in [0.2, 0.25) is 0 Å². The molecule has 1 aromatic heterocycles. The molecule has 1 aliphatic heterocycles. The van der Waals surface area contributed by atoms with Gasteiger partial charge in [0.25, 0.3) is 0 Å². The minimum absolute atomic E-state index is 0.214. The van der Waals surface area contributed by atoms with Crippen molar-refractivity contribution in [2.75, 3.05) is 5.75 Å². The molecule has 16 heavy (non-hydrogen) atoms. The second-order valence-electron chi connectivity index (χ2n) is 4.39. The average Bonchev–Trinajstić information content (AvgIpc) is 2.68. The molecule has 1 aromatic rings. The zero-order valence-electron chi connectivity index (χ0n) is 9.97. The lowest BCUT2D eigenvalue weighted by atomic mass is 10.2. The third-order valence-corrected chi connectivity index (χ3v) is 7.68. The molecule has 1 nitrogen and oxygen atoms in total. The average molecular weight is 273 g/mol.